The Balaban J connectivity index is 0.000000231. The van der Waals surface area contributed by atoms with Gasteiger partial charge in [-0.1, -0.05) is 62.0 Å². The minimum absolute atomic E-state index is 0.0246. The SMILES string of the molecule is CC.Cc1cn(C)c2ccccc12.NS(=O)(=O)c1ccc(N=C2SCC(=O)N2c2ccccc2)cc1. The van der Waals surface area contributed by atoms with Crippen molar-refractivity contribution in [3.8, 4) is 0 Å². The molecule has 36 heavy (non-hydrogen) atoms. The van der Waals surface area contributed by atoms with Crippen molar-refractivity contribution in [2.75, 3.05) is 10.7 Å². The summed E-state index contributed by atoms with van der Waals surface area (Å²) in [4.78, 5) is 18.1. The molecule has 7 nitrogen and oxygen atoms in total. The fourth-order valence-corrected chi connectivity index (χ4v) is 5.04. The van der Waals surface area contributed by atoms with Crippen LogP contribution in [-0.2, 0) is 21.9 Å². The summed E-state index contributed by atoms with van der Waals surface area (Å²) in [7, 11) is -1.65. The highest BCUT2D eigenvalue weighted by molar-refractivity contribution is 8.15. The predicted octanol–water partition coefficient (Wildman–Crippen LogP) is 5.61. The van der Waals surface area contributed by atoms with E-state index in [9.17, 15) is 13.2 Å². The van der Waals surface area contributed by atoms with E-state index in [1.165, 1.54) is 40.4 Å². The largest absolute Gasteiger partial charge is 0.350 e. The zero-order chi connectivity index (χ0) is 26.3. The van der Waals surface area contributed by atoms with Crippen LogP contribution in [-0.4, -0.2) is 29.8 Å². The molecule has 0 bridgehead atoms. The zero-order valence-electron chi connectivity index (χ0n) is 20.8. The molecule has 1 amide bonds. The number of aliphatic imine (C=N–C) groups is 1. The number of carbonyl (C=O) groups is 1. The number of hydrogen-bond acceptors (Lipinski definition) is 5. The number of amidine groups is 1. The lowest BCUT2D eigenvalue weighted by Crippen LogP contribution is -2.28. The lowest BCUT2D eigenvalue weighted by Gasteiger charge is -2.15. The summed E-state index contributed by atoms with van der Waals surface area (Å²) in [6.45, 7) is 6.14. The number of sulfonamides is 1. The van der Waals surface area contributed by atoms with E-state index >= 15 is 0 Å². The Kier molecular flexibility index (Phi) is 9.08. The van der Waals surface area contributed by atoms with Gasteiger partial charge in [0.2, 0.25) is 15.9 Å². The van der Waals surface area contributed by atoms with Crippen LogP contribution in [0, 0.1) is 6.92 Å². The number of fused-ring (bicyclic) bond motifs is 1. The highest BCUT2D eigenvalue weighted by Gasteiger charge is 2.29. The van der Waals surface area contributed by atoms with Gasteiger partial charge in [0.15, 0.2) is 5.17 Å². The molecule has 0 spiro atoms. The molecule has 5 rings (SSSR count). The Bertz CT molecular complexity index is 1430. The fraction of sp³-hybridized carbons (Fsp3) is 0.185. The van der Waals surface area contributed by atoms with E-state index in [2.05, 4.69) is 54.0 Å². The maximum Gasteiger partial charge on any atom is 0.243 e. The molecule has 3 aromatic carbocycles. The van der Waals surface area contributed by atoms with Crippen molar-refractivity contribution in [3.05, 3.63) is 90.6 Å². The molecule has 0 radical (unpaired) electrons. The van der Waals surface area contributed by atoms with Gasteiger partial charge in [-0.2, -0.15) is 0 Å². The first-order valence-corrected chi connectivity index (χ1v) is 14.0. The summed E-state index contributed by atoms with van der Waals surface area (Å²) in [6, 6.07) is 23.6. The number of nitrogens with two attached hydrogens (primary N) is 1. The Morgan fingerprint density at radius 3 is 2.14 bits per heavy atom. The summed E-state index contributed by atoms with van der Waals surface area (Å²) in [5, 5.41) is 6.98. The van der Waals surface area contributed by atoms with Gasteiger partial charge in [0.1, 0.15) is 0 Å². The van der Waals surface area contributed by atoms with Crippen molar-refractivity contribution < 1.29 is 13.2 Å². The number of thioether (sulfide) groups is 1. The third-order valence-electron chi connectivity index (χ3n) is 5.27. The third-order valence-corrected chi connectivity index (χ3v) is 7.12. The van der Waals surface area contributed by atoms with Crippen LogP contribution in [0.4, 0.5) is 11.4 Å². The van der Waals surface area contributed by atoms with Crippen molar-refractivity contribution in [2.24, 2.45) is 17.2 Å². The Hall–Kier alpha value is -3.40. The average Bonchev–Trinajstić information content (AvgIpc) is 3.39. The van der Waals surface area contributed by atoms with Gasteiger partial charge in [0, 0.05) is 24.1 Å². The molecular formula is C27H30N4O3S2. The van der Waals surface area contributed by atoms with Crippen molar-refractivity contribution in [2.45, 2.75) is 25.7 Å². The molecule has 1 aromatic heterocycles. The normalized spacial score (nSPS) is 14.3. The number of aryl methyl sites for hydroxylation is 2. The number of aromatic nitrogens is 1. The fourth-order valence-electron chi connectivity index (χ4n) is 3.64. The van der Waals surface area contributed by atoms with E-state index in [1.807, 2.05) is 44.2 Å². The quantitative estimate of drug-likeness (QED) is 0.378. The molecule has 2 N–H and O–H groups in total. The van der Waals surface area contributed by atoms with Crippen LogP contribution in [0.2, 0.25) is 0 Å². The van der Waals surface area contributed by atoms with Crippen molar-refractivity contribution >= 4 is 55.1 Å². The monoisotopic (exact) mass is 522 g/mol. The smallest absolute Gasteiger partial charge is 0.243 e. The molecule has 1 saturated heterocycles. The number of para-hydroxylation sites is 2. The van der Waals surface area contributed by atoms with Crippen LogP contribution in [0.5, 0.6) is 0 Å². The molecule has 0 atom stereocenters. The second kappa shape index (κ2) is 12.0. The maximum absolute atomic E-state index is 12.1. The topological polar surface area (TPSA) is 97.8 Å². The molecule has 9 heteroatoms. The average molecular weight is 523 g/mol. The minimum Gasteiger partial charge on any atom is -0.350 e. The number of amides is 1. The minimum atomic E-state index is -3.73. The number of carbonyl (C=O) groups excluding carboxylic acids is 1. The molecule has 0 saturated carbocycles. The summed E-state index contributed by atoms with van der Waals surface area (Å²) < 4.78 is 24.7. The van der Waals surface area contributed by atoms with E-state index < -0.39 is 10.0 Å². The second-order valence-corrected chi connectivity index (χ2v) is 10.2. The highest BCUT2D eigenvalue weighted by Crippen LogP contribution is 2.29. The van der Waals surface area contributed by atoms with Gasteiger partial charge < -0.3 is 4.57 Å². The lowest BCUT2D eigenvalue weighted by molar-refractivity contribution is -0.115. The molecule has 2 heterocycles. The van der Waals surface area contributed by atoms with Crippen molar-refractivity contribution in [1.29, 1.82) is 0 Å². The van der Waals surface area contributed by atoms with E-state index in [4.69, 9.17) is 5.14 Å². The first-order valence-electron chi connectivity index (χ1n) is 11.5. The van der Waals surface area contributed by atoms with E-state index in [0.29, 0.717) is 16.6 Å². The van der Waals surface area contributed by atoms with Crippen molar-refractivity contribution in [3.63, 3.8) is 0 Å². The summed E-state index contributed by atoms with van der Waals surface area (Å²) in [5.74, 6) is 0.282. The van der Waals surface area contributed by atoms with Crippen LogP contribution >= 0.6 is 11.8 Å². The van der Waals surface area contributed by atoms with Gasteiger partial charge in [-0.25, -0.2) is 18.5 Å². The third kappa shape index (κ3) is 6.42. The van der Waals surface area contributed by atoms with Crippen LogP contribution in [0.3, 0.4) is 0 Å². The van der Waals surface area contributed by atoms with Gasteiger partial charge in [0.25, 0.3) is 0 Å². The molecule has 1 fully saturated rings. The van der Waals surface area contributed by atoms with E-state index in [0.717, 1.165) is 5.69 Å². The molecular weight excluding hydrogens is 492 g/mol. The van der Waals surface area contributed by atoms with Crippen molar-refractivity contribution in [1.82, 2.24) is 4.57 Å². The summed E-state index contributed by atoms with van der Waals surface area (Å²) >= 11 is 1.34. The molecule has 1 aliphatic rings. The standard InChI is InChI=1S/C15H13N3O3S2.C10H11N.C2H6/c16-23(20,21)13-8-6-11(7-9-13)17-15-18(14(19)10-22-15)12-4-2-1-3-5-12;1-8-7-11(2)10-6-4-3-5-9(8)10;1-2/h1-9H,10H2,(H2,16,20,21);3-7H,1-2H3;1-2H3. The Morgan fingerprint density at radius 1 is 0.917 bits per heavy atom. The number of benzene rings is 3. The Morgan fingerprint density at radius 2 is 1.53 bits per heavy atom. The summed E-state index contributed by atoms with van der Waals surface area (Å²) in [5.41, 5.74) is 3.96. The van der Waals surface area contributed by atoms with Gasteiger partial charge >= 0.3 is 0 Å². The molecule has 1 aliphatic heterocycles. The second-order valence-electron chi connectivity index (χ2n) is 7.73. The van der Waals surface area contributed by atoms with Crippen LogP contribution in [0.25, 0.3) is 10.9 Å². The van der Waals surface area contributed by atoms with Gasteiger partial charge in [-0.15, -0.1) is 0 Å². The molecule has 4 aromatic rings. The number of primary sulfonamides is 1. The first-order chi connectivity index (χ1) is 17.2. The zero-order valence-corrected chi connectivity index (χ0v) is 22.4. The number of nitrogens with zero attached hydrogens (tertiary/aromatic N) is 3. The first kappa shape index (κ1) is 27.2. The molecule has 0 unspecified atom stereocenters. The molecule has 188 valence electrons. The van der Waals surface area contributed by atoms with E-state index in [1.54, 1.807) is 17.0 Å². The number of hydrogen-bond donors (Lipinski definition) is 1. The van der Waals surface area contributed by atoms with Crippen LogP contribution in [0.15, 0.2) is 94.9 Å². The highest BCUT2D eigenvalue weighted by atomic mass is 32.2. The number of anilines is 1. The number of rotatable bonds is 3. The van der Waals surface area contributed by atoms with Crippen LogP contribution < -0.4 is 10.0 Å². The predicted molar refractivity (Wildman–Crippen MR) is 150 cm³/mol. The van der Waals surface area contributed by atoms with E-state index in [-0.39, 0.29) is 10.8 Å². The van der Waals surface area contributed by atoms with Gasteiger partial charge in [-0.05, 0) is 55.0 Å². The van der Waals surface area contributed by atoms with Gasteiger partial charge in [-0.3, -0.25) is 9.69 Å². The summed E-state index contributed by atoms with van der Waals surface area (Å²) in [6.07, 6.45) is 2.16. The lowest BCUT2D eigenvalue weighted by atomic mass is 10.2. The Labute approximate surface area is 216 Å². The van der Waals surface area contributed by atoms with Crippen LogP contribution in [0.1, 0.15) is 19.4 Å². The maximum atomic E-state index is 12.1. The van der Waals surface area contributed by atoms with Gasteiger partial charge in [0.05, 0.1) is 22.0 Å². The molecule has 0 aliphatic carbocycles.